The fraction of sp³-hybridized carbons (Fsp3) is 1.00. The number of aliphatic hydroxyl groups excluding tert-OH is 1. The van der Waals surface area contributed by atoms with E-state index in [1.807, 2.05) is 0 Å². The summed E-state index contributed by atoms with van der Waals surface area (Å²) in [5.74, 6) is 0.731. The summed E-state index contributed by atoms with van der Waals surface area (Å²) < 4.78 is 5.49. The van der Waals surface area contributed by atoms with Gasteiger partial charge in [0.1, 0.15) is 0 Å². The molecule has 0 heterocycles. The molecule has 0 bridgehead atoms. The van der Waals surface area contributed by atoms with Crippen LogP contribution in [0.15, 0.2) is 0 Å². The highest BCUT2D eigenvalue weighted by Crippen LogP contribution is 2.03. The summed E-state index contributed by atoms with van der Waals surface area (Å²) in [6, 6.07) is 0.618. The molecule has 0 aromatic carbocycles. The zero-order valence-electron chi connectivity index (χ0n) is 14.9. The molecule has 0 aromatic rings. The van der Waals surface area contributed by atoms with Gasteiger partial charge in [0.15, 0.2) is 0 Å². The van der Waals surface area contributed by atoms with Crippen molar-refractivity contribution in [3.63, 3.8) is 0 Å². The Labute approximate surface area is 132 Å². The Morgan fingerprint density at radius 1 is 1.10 bits per heavy atom. The Hall–Kier alpha value is -0.160. The number of nitrogens with zero attached hydrogens (tertiary/aromatic N) is 1. The maximum absolute atomic E-state index is 9.78. The normalized spacial score (nSPS) is 13.6. The van der Waals surface area contributed by atoms with Crippen LogP contribution in [0.1, 0.15) is 53.4 Å². The molecule has 128 valence electrons. The lowest BCUT2D eigenvalue weighted by Gasteiger charge is -2.20. The molecule has 4 nitrogen and oxygen atoms in total. The maximum Gasteiger partial charge on any atom is 0.0897 e. The van der Waals surface area contributed by atoms with Crippen molar-refractivity contribution in [2.75, 3.05) is 39.9 Å². The molecular weight excluding hydrogens is 264 g/mol. The summed E-state index contributed by atoms with van der Waals surface area (Å²) >= 11 is 0. The van der Waals surface area contributed by atoms with Crippen LogP contribution < -0.4 is 5.32 Å². The van der Waals surface area contributed by atoms with Crippen LogP contribution in [0, 0.1) is 5.92 Å². The van der Waals surface area contributed by atoms with Crippen LogP contribution in [-0.2, 0) is 4.74 Å². The molecule has 0 rings (SSSR count). The SMILES string of the molecule is CC(C)CCCOCC(O)CNCCCCN(C)C(C)C. The minimum Gasteiger partial charge on any atom is -0.389 e. The van der Waals surface area contributed by atoms with Gasteiger partial charge in [-0.3, -0.25) is 0 Å². The van der Waals surface area contributed by atoms with Gasteiger partial charge in [0.2, 0.25) is 0 Å². The molecule has 0 saturated carbocycles. The lowest BCUT2D eigenvalue weighted by atomic mass is 10.1. The van der Waals surface area contributed by atoms with Crippen molar-refractivity contribution < 1.29 is 9.84 Å². The lowest BCUT2D eigenvalue weighted by Crippen LogP contribution is -2.32. The summed E-state index contributed by atoms with van der Waals surface area (Å²) in [5, 5.41) is 13.1. The van der Waals surface area contributed by atoms with Gasteiger partial charge in [0.25, 0.3) is 0 Å². The quantitative estimate of drug-likeness (QED) is 0.484. The molecule has 0 aliphatic heterocycles. The van der Waals surface area contributed by atoms with Crippen molar-refractivity contribution in [3.8, 4) is 0 Å². The van der Waals surface area contributed by atoms with E-state index in [4.69, 9.17) is 4.74 Å². The second-order valence-electron chi connectivity index (χ2n) is 6.75. The van der Waals surface area contributed by atoms with Crippen molar-refractivity contribution in [3.05, 3.63) is 0 Å². The molecule has 0 amide bonds. The van der Waals surface area contributed by atoms with Crippen LogP contribution >= 0.6 is 0 Å². The van der Waals surface area contributed by atoms with Crippen LogP contribution in [0.2, 0.25) is 0 Å². The van der Waals surface area contributed by atoms with Crippen LogP contribution in [0.3, 0.4) is 0 Å². The van der Waals surface area contributed by atoms with E-state index in [2.05, 4.69) is 45.0 Å². The number of aliphatic hydroxyl groups is 1. The standard InChI is InChI=1S/C17H38N2O2/c1-15(2)9-8-12-21-14-17(20)13-18-10-6-7-11-19(5)16(3)4/h15-18,20H,6-14H2,1-5H3. The van der Waals surface area contributed by atoms with Crippen LogP contribution in [0.4, 0.5) is 0 Å². The van der Waals surface area contributed by atoms with E-state index >= 15 is 0 Å². The second kappa shape index (κ2) is 13.5. The largest absolute Gasteiger partial charge is 0.389 e. The van der Waals surface area contributed by atoms with Gasteiger partial charge >= 0.3 is 0 Å². The summed E-state index contributed by atoms with van der Waals surface area (Å²) in [7, 11) is 2.17. The molecule has 0 saturated heterocycles. The third-order valence-electron chi connectivity index (χ3n) is 3.76. The highest BCUT2D eigenvalue weighted by molar-refractivity contribution is 4.61. The van der Waals surface area contributed by atoms with E-state index < -0.39 is 0 Å². The number of unbranched alkanes of at least 4 members (excludes halogenated alkanes) is 1. The minimum absolute atomic E-state index is 0.387. The molecule has 0 fully saturated rings. The number of hydrogen-bond donors (Lipinski definition) is 2. The predicted molar refractivity (Wildman–Crippen MR) is 90.8 cm³/mol. The molecule has 1 unspecified atom stereocenters. The highest BCUT2D eigenvalue weighted by Gasteiger charge is 2.04. The van der Waals surface area contributed by atoms with Crippen LogP contribution in [-0.4, -0.2) is 62.0 Å². The third kappa shape index (κ3) is 14.5. The van der Waals surface area contributed by atoms with Crippen molar-refractivity contribution in [2.24, 2.45) is 5.92 Å². The van der Waals surface area contributed by atoms with Crippen molar-refractivity contribution in [1.29, 1.82) is 0 Å². The van der Waals surface area contributed by atoms with Gasteiger partial charge in [-0.15, -0.1) is 0 Å². The van der Waals surface area contributed by atoms with Crippen molar-refractivity contribution in [2.45, 2.75) is 65.5 Å². The van der Waals surface area contributed by atoms with E-state index in [0.29, 0.717) is 19.2 Å². The van der Waals surface area contributed by atoms with Gasteiger partial charge in [-0.05, 0) is 65.6 Å². The molecule has 0 aliphatic carbocycles. The molecule has 0 aliphatic rings. The monoisotopic (exact) mass is 302 g/mol. The summed E-state index contributed by atoms with van der Waals surface area (Å²) in [5.41, 5.74) is 0. The van der Waals surface area contributed by atoms with Gasteiger partial charge in [-0.1, -0.05) is 13.8 Å². The Bertz CT molecular complexity index is 223. The van der Waals surface area contributed by atoms with E-state index in [0.717, 1.165) is 38.5 Å². The molecule has 2 N–H and O–H groups in total. The fourth-order valence-corrected chi connectivity index (χ4v) is 2.01. The lowest BCUT2D eigenvalue weighted by molar-refractivity contribution is 0.0348. The van der Waals surface area contributed by atoms with E-state index in [9.17, 15) is 5.11 Å². The first kappa shape index (κ1) is 20.8. The average molecular weight is 303 g/mol. The number of nitrogens with one attached hydrogen (secondary N) is 1. The minimum atomic E-state index is -0.387. The smallest absolute Gasteiger partial charge is 0.0897 e. The molecule has 0 radical (unpaired) electrons. The van der Waals surface area contributed by atoms with Crippen molar-refractivity contribution in [1.82, 2.24) is 10.2 Å². The topological polar surface area (TPSA) is 44.7 Å². The Balaban J connectivity index is 3.28. The van der Waals surface area contributed by atoms with Crippen molar-refractivity contribution >= 4 is 0 Å². The second-order valence-corrected chi connectivity index (χ2v) is 6.75. The maximum atomic E-state index is 9.78. The zero-order chi connectivity index (χ0) is 16.1. The van der Waals surface area contributed by atoms with E-state index in [1.165, 1.54) is 12.8 Å². The molecule has 4 heteroatoms. The summed E-state index contributed by atoms with van der Waals surface area (Å²) in [6.07, 6.45) is 4.24. The average Bonchev–Trinajstić information content (AvgIpc) is 2.41. The number of rotatable bonds is 14. The number of ether oxygens (including phenoxy) is 1. The Morgan fingerprint density at radius 3 is 2.43 bits per heavy atom. The summed E-state index contributed by atoms with van der Waals surface area (Å²) in [4.78, 5) is 2.36. The molecule has 0 aromatic heterocycles. The Morgan fingerprint density at radius 2 is 1.81 bits per heavy atom. The summed E-state index contributed by atoms with van der Waals surface area (Å²) in [6.45, 7) is 12.8. The van der Waals surface area contributed by atoms with E-state index in [1.54, 1.807) is 0 Å². The van der Waals surface area contributed by atoms with Crippen LogP contribution in [0.5, 0.6) is 0 Å². The molecule has 0 spiro atoms. The van der Waals surface area contributed by atoms with Gasteiger partial charge < -0.3 is 20.1 Å². The van der Waals surface area contributed by atoms with Gasteiger partial charge in [-0.2, -0.15) is 0 Å². The predicted octanol–water partition coefficient (Wildman–Crippen LogP) is 2.51. The molecular formula is C17H38N2O2. The zero-order valence-corrected chi connectivity index (χ0v) is 14.9. The van der Waals surface area contributed by atoms with Crippen LogP contribution in [0.25, 0.3) is 0 Å². The van der Waals surface area contributed by atoms with Gasteiger partial charge in [0, 0.05) is 19.2 Å². The first-order valence-electron chi connectivity index (χ1n) is 8.60. The van der Waals surface area contributed by atoms with Gasteiger partial charge in [0.05, 0.1) is 12.7 Å². The van der Waals surface area contributed by atoms with E-state index in [-0.39, 0.29) is 6.10 Å². The first-order valence-corrected chi connectivity index (χ1v) is 8.60. The number of hydrogen-bond acceptors (Lipinski definition) is 4. The highest BCUT2D eigenvalue weighted by atomic mass is 16.5. The Kier molecular flexibility index (Phi) is 13.4. The first-order chi connectivity index (χ1) is 9.93. The fourth-order valence-electron chi connectivity index (χ4n) is 2.01. The molecule has 1 atom stereocenters. The molecule has 21 heavy (non-hydrogen) atoms. The van der Waals surface area contributed by atoms with Gasteiger partial charge in [-0.25, -0.2) is 0 Å². The third-order valence-corrected chi connectivity index (χ3v) is 3.76.